The molecule has 2 aromatic rings. The molecule has 0 aromatic heterocycles. The quantitative estimate of drug-likeness (QED) is 0.257. The Morgan fingerprint density at radius 3 is 2.48 bits per heavy atom. The first kappa shape index (κ1) is 22.5. The predicted octanol–water partition coefficient (Wildman–Crippen LogP) is 5.84. The number of ether oxygens (including phenoxy) is 3. The number of unbranched alkanes of at least 4 members (excludes halogenated alkanes) is 2. The number of carbonyl (C=O) groups is 1. The highest BCUT2D eigenvalue weighted by molar-refractivity contribution is 5.93. The molecule has 0 aliphatic rings. The number of hydrogen-bond acceptors (Lipinski definition) is 4. The summed E-state index contributed by atoms with van der Waals surface area (Å²) in [5, 5.41) is 0. The van der Waals surface area contributed by atoms with Crippen LogP contribution in [0, 0.1) is 0 Å². The SMILES string of the molecule is CCCCC/C(=C\c1ccc(OC)c(OCCc2ccccc2)c1)C(=O)OCC. The summed E-state index contributed by atoms with van der Waals surface area (Å²) >= 11 is 0. The minimum absolute atomic E-state index is 0.244. The lowest BCUT2D eigenvalue weighted by Crippen LogP contribution is -2.08. The molecular formula is C25H32O4. The van der Waals surface area contributed by atoms with Crippen LogP contribution in [-0.2, 0) is 16.0 Å². The first-order chi connectivity index (χ1) is 14.2. The minimum Gasteiger partial charge on any atom is -0.493 e. The lowest BCUT2D eigenvalue weighted by atomic mass is 10.0. The van der Waals surface area contributed by atoms with Crippen molar-refractivity contribution >= 4 is 12.0 Å². The van der Waals surface area contributed by atoms with E-state index >= 15 is 0 Å². The molecule has 0 radical (unpaired) electrons. The summed E-state index contributed by atoms with van der Waals surface area (Å²) in [6, 6.07) is 15.9. The van der Waals surface area contributed by atoms with Crippen molar-refractivity contribution < 1.29 is 19.0 Å². The van der Waals surface area contributed by atoms with E-state index in [2.05, 4.69) is 19.1 Å². The largest absolute Gasteiger partial charge is 0.493 e. The Labute approximate surface area is 174 Å². The van der Waals surface area contributed by atoms with Crippen LogP contribution in [0.25, 0.3) is 6.08 Å². The van der Waals surface area contributed by atoms with Crippen LogP contribution in [0.2, 0.25) is 0 Å². The van der Waals surface area contributed by atoms with Gasteiger partial charge in [-0.25, -0.2) is 4.79 Å². The molecule has 0 atom stereocenters. The van der Waals surface area contributed by atoms with E-state index in [4.69, 9.17) is 14.2 Å². The van der Waals surface area contributed by atoms with Crippen LogP contribution in [-0.4, -0.2) is 26.3 Å². The van der Waals surface area contributed by atoms with Gasteiger partial charge in [-0.2, -0.15) is 0 Å². The monoisotopic (exact) mass is 396 g/mol. The summed E-state index contributed by atoms with van der Waals surface area (Å²) in [4.78, 5) is 12.3. The van der Waals surface area contributed by atoms with E-state index in [1.807, 2.05) is 49.4 Å². The highest BCUT2D eigenvalue weighted by Gasteiger charge is 2.12. The molecule has 29 heavy (non-hydrogen) atoms. The van der Waals surface area contributed by atoms with Crippen molar-refractivity contribution in [3.63, 3.8) is 0 Å². The van der Waals surface area contributed by atoms with Crippen LogP contribution < -0.4 is 9.47 Å². The molecule has 2 rings (SSSR count). The van der Waals surface area contributed by atoms with E-state index in [-0.39, 0.29) is 5.97 Å². The van der Waals surface area contributed by atoms with Gasteiger partial charge >= 0.3 is 5.97 Å². The molecular weight excluding hydrogens is 364 g/mol. The van der Waals surface area contributed by atoms with E-state index in [1.54, 1.807) is 7.11 Å². The Hall–Kier alpha value is -2.75. The van der Waals surface area contributed by atoms with E-state index in [9.17, 15) is 4.79 Å². The molecule has 0 saturated carbocycles. The standard InChI is InChI=1S/C25H32O4/c1-4-6-8-13-22(25(26)28-5-2)18-21-14-15-23(27-3)24(19-21)29-17-16-20-11-9-7-10-12-20/h7,9-12,14-15,18-19H,4-6,8,13,16-17H2,1-3H3/b22-18+. The summed E-state index contributed by atoms with van der Waals surface area (Å²) in [6.45, 7) is 4.90. The van der Waals surface area contributed by atoms with E-state index < -0.39 is 0 Å². The average Bonchev–Trinajstić information content (AvgIpc) is 2.74. The second kappa shape index (κ2) is 12.7. The van der Waals surface area contributed by atoms with Gasteiger partial charge in [0, 0.05) is 12.0 Å². The third kappa shape index (κ3) is 7.65. The summed E-state index contributed by atoms with van der Waals surface area (Å²) in [5.41, 5.74) is 2.82. The van der Waals surface area contributed by atoms with Crippen molar-refractivity contribution in [2.45, 2.75) is 46.0 Å². The maximum Gasteiger partial charge on any atom is 0.334 e. The fourth-order valence-electron chi connectivity index (χ4n) is 3.04. The number of carbonyl (C=O) groups excluding carboxylic acids is 1. The van der Waals surface area contributed by atoms with E-state index in [0.29, 0.717) is 36.7 Å². The Morgan fingerprint density at radius 1 is 1.00 bits per heavy atom. The Morgan fingerprint density at radius 2 is 1.79 bits per heavy atom. The van der Waals surface area contributed by atoms with Crippen molar-refractivity contribution in [1.29, 1.82) is 0 Å². The van der Waals surface area contributed by atoms with Gasteiger partial charge in [0.2, 0.25) is 0 Å². The highest BCUT2D eigenvalue weighted by Crippen LogP contribution is 2.29. The zero-order chi connectivity index (χ0) is 20.9. The lowest BCUT2D eigenvalue weighted by molar-refractivity contribution is -0.138. The van der Waals surface area contributed by atoms with Gasteiger partial charge in [0.25, 0.3) is 0 Å². The third-order valence-electron chi connectivity index (χ3n) is 4.61. The van der Waals surface area contributed by atoms with Crippen LogP contribution in [0.3, 0.4) is 0 Å². The second-order valence-corrected chi connectivity index (χ2v) is 6.84. The van der Waals surface area contributed by atoms with Crippen molar-refractivity contribution in [3.8, 4) is 11.5 Å². The fraction of sp³-hybridized carbons (Fsp3) is 0.400. The molecule has 0 fully saturated rings. The molecule has 156 valence electrons. The van der Waals surface area contributed by atoms with Gasteiger partial charge in [-0.1, -0.05) is 56.2 Å². The Balaban J connectivity index is 2.14. The molecule has 0 saturated heterocycles. The minimum atomic E-state index is -0.244. The maximum atomic E-state index is 12.3. The second-order valence-electron chi connectivity index (χ2n) is 6.84. The molecule has 0 heterocycles. The first-order valence-electron chi connectivity index (χ1n) is 10.4. The van der Waals surface area contributed by atoms with Crippen LogP contribution in [0.4, 0.5) is 0 Å². The number of rotatable bonds is 12. The molecule has 0 bridgehead atoms. The lowest BCUT2D eigenvalue weighted by Gasteiger charge is -2.12. The molecule has 0 aliphatic heterocycles. The molecule has 4 heteroatoms. The Kier molecular flexibility index (Phi) is 9.84. The van der Waals surface area contributed by atoms with E-state index in [1.165, 1.54) is 5.56 Å². The van der Waals surface area contributed by atoms with Crippen molar-refractivity contribution in [2.24, 2.45) is 0 Å². The zero-order valence-electron chi connectivity index (χ0n) is 17.8. The molecule has 0 unspecified atom stereocenters. The normalized spacial score (nSPS) is 11.2. The summed E-state index contributed by atoms with van der Waals surface area (Å²) in [7, 11) is 1.63. The van der Waals surface area contributed by atoms with Gasteiger partial charge < -0.3 is 14.2 Å². The van der Waals surface area contributed by atoms with Crippen molar-refractivity contribution in [1.82, 2.24) is 0 Å². The molecule has 4 nitrogen and oxygen atoms in total. The number of hydrogen-bond donors (Lipinski definition) is 0. The average molecular weight is 397 g/mol. The van der Waals surface area contributed by atoms with Gasteiger partial charge in [-0.3, -0.25) is 0 Å². The van der Waals surface area contributed by atoms with E-state index in [0.717, 1.165) is 31.2 Å². The van der Waals surface area contributed by atoms with Gasteiger partial charge in [-0.05, 0) is 49.1 Å². The van der Waals surface area contributed by atoms with Crippen molar-refractivity contribution in [2.75, 3.05) is 20.3 Å². The van der Waals surface area contributed by atoms with Gasteiger partial charge in [-0.15, -0.1) is 0 Å². The van der Waals surface area contributed by atoms with Gasteiger partial charge in [0.15, 0.2) is 11.5 Å². The smallest absolute Gasteiger partial charge is 0.334 e. The predicted molar refractivity (Wildman–Crippen MR) is 117 cm³/mol. The molecule has 0 aliphatic carbocycles. The van der Waals surface area contributed by atoms with Gasteiger partial charge in [0.05, 0.1) is 20.3 Å². The molecule has 2 aromatic carbocycles. The fourth-order valence-corrected chi connectivity index (χ4v) is 3.04. The number of methoxy groups -OCH3 is 1. The number of esters is 1. The first-order valence-corrected chi connectivity index (χ1v) is 10.4. The van der Waals surface area contributed by atoms with Crippen LogP contribution in [0.5, 0.6) is 11.5 Å². The zero-order valence-corrected chi connectivity index (χ0v) is 17.8. The summed E-state index contributed by atoms with van der Waals surface area (Å²) in [5.74, 6) is 1.11. The maximum absolute atomic E-state index is 12.3. The summed E-state index contributed by atoms with van der Waals surface area (Å²) in [6.07, 6.45) is 6.60. The summed E-state index contributed by atoms with van der Waals surface area (Å²) < 4.78 is 16.7. The van der Waals surface area contributed by atoms with Crippen LogP contribution >= 0.6 is 0 Å². The van der Waals surface area contributed by atoms with Crippen LogP contribution in [0.15, 0.2) is 54.1 Å². The third-order valence-corrected chi connectivity index (χ3v) is 4.61. The highest BCUT2D eigenvalue weighted by atomic mass is 16.5. The van der Waals surface area contributed by atoms with Crippen molar-refractivity contribution in [3.05, 3.63) is 65.2 Å². The Bertz CT molecular complexity index is 781. The van der Waals surface area contributed by atoms with Crippen LogP contribution in [0.1, 0.15) is 50.7 Å². The number of benzene rings is 2. The van der Waals surface area contributed by atoms with Gasteiger partial charge in [0.1, 0.15) is 0 Å². The molecule has 0 spiro atoms. The molecule has 0 amide bonds. The molecule has 0 N–H and O–H groups in total. The topological polar surface area (TPSA) is 44.8 Å².